The minimum absolute atomic E-state index is 0.0396. The summed E-state index contributed by atoms with van der Waals surface area (Å²) >= 11 is 0. The van der Waals surface area contributed by atoms with Crippen LogP contribution < -0.4 is 23.7 Å². The predicted molar refractivity (Wildman–Crippen MR) is 299 cm³/mol. The zero-order valence-electron chi connectivity index (χ0n) is 46.8. The van der Waals surface area contributed by atoms with Gasteiger partial charge in [-0.3, -0.25) is 4.79 Å². The van der Waals surface area contributed by atoms with Gasteiger partial charge in [0.1, 0.15) is 18.1 Å². The normalized spacial score (nSPS) is 13.7. The maximum Gasteiger partial charge on any atom is 0.311 e. The average Bonchev–Trinajstić information content (AvgIpc) is 3.35. The van der Waals surface area contributed by atoms with E-state index in [1.165, 1.54) is 231 Å². The molecule has 0 radical (unpaired) electrons. The number of rotatable bonds is 48. The molecular formula is C64H110O6. The maximum absolute atomic E-state index is 11.9. The van der Waals surface area contributed by atoms with Gasteiger partial charge in [-0.1, -0.05) is 233 Å². The summed E-state index contributed by atoms with van der Waals surface area (Å²) in [5, 5.41) is 0. The highest BCUT2D eigenvalue weighted by atomic mass is 16.6. The average molecular weight is 976 g/mol. The summed E-state index contributed by atoms with van der Waals surface area (Å²) in [5.74, 6) is 3.50. The number of carbonyl (C=O) groups excluding carboxylic acids is 1. The van der Waals surface area contributed by atoms with Gasteiger partial charge in [-0.2, -0.15) is 0 Å². The van der Waals surface area contributed by atoms with Crippen molar-refractivity contribution in [1.29, 1.82) is 0 Å². The quantitative estimate of drug-likeness (QED) is 0.0374. The standard InChI is InChI=1S/C64H110O6/c1-7-10-13-16-19-22-25-28-31-34-37-40-43-54(4)67-61-50-57(53-66-59-47-48-60-58(52-59)46-49-63(65)70-60)51-62(68-55(5)44-41-38-35-32-29-26-23-20-17-14-11-8-2)64(61)69-56(6)45-42-39-36-33-30-27-24-21-18-15-12-9-3/h47-48,50-52,54-56H,7-46,49,53H2,1-6H3. The zero-order valence-corrected chi connectivity index (χ0v) is 46.8. The number of benzene rings is 2. The summed E-state index contributed by atoms with van der Waals surface area (Å²) < 4.78 is 32.8. The highest BCUT2D eigenvalue weighted by Crippen LogP contribution is 2.42. The summed E-state index contributed by atoms with van der Waals surface area (Å²) in [6.45, 7) is 13.9. The number of esters is 1. The topological polar surface area (TPSA) is 63.2 Å². The highest BCUT2D eigenvalue weighted by Gasteiger charge is 2.23. The van der Waals surface area contributed by atoms with E-state index in [9.17, 15) is 4.79 Å². The second-order valence-electron chi connectivity index (χ2n) is 21.8. The van der Waals surface area contributed by atoms with Crippen molar-refractivity contribution in [2.75, 3.05) is 0 Å². The van der Waals surface area contributed by atoms with Crippen LogP contribution in [0.2, 0.25) is 0 Å². The Morgan fingerprint density at radius 1 is 0.429 bits per heavy atom. The lowest BCUT2D eigenvalue weighted by molar-refractivity contribution is -0.135. The Labute approximate surface area is 432 Å². The molecule has 6 nitrogen and oxygen atoms in total. The van der Waals surface area contributed by atoms with Crippen molar-refractivity contribution >= 4 is 5.97 Å². The number of hydrogen-bond donors (Lipinski definition) is 0. The Hall–Kier alpha value is -2.89. The molecule has 0 amide bonds. The van der Waals surface area contributed by atoms with Gasteiger partial charge in [-0.05, 0) is 107 Å². The van der Waals surface area contributed by atoms with Crippen LogP contribution in [0.4, 0.5) is 0 Å². The Balaban J connectivity index is 1.66. The van der Waals surface area contributed by atoms with Crippen LogP contribution in [-0.2, 0) is 17.8 Å². The smallest absolute Gasteiger partial charge is 0.311 e. The van der Waals surface area contributed by atoms with E-state index in [0.717, 1.165) is 53.4 Å². The summed E-state index contributed by atoms with van der Waals surface area (Å²) in [4.78, 5) is 11.9. The lowest BCUT2D eigenvalue weighted by atomic mass is 10.0. The van der Waals surface area contributed by atoms with E-state index in [1.54, 1.807) is 0 Å². The van der Waals surface area contributed by atoms with Crippen molar-refractivity contribution in [2.24, 2.45) is 0 Å². The fourth-order valence-electron chi connectivity index (χ4n) is 10.2. The molecule has 402 valence electrons. The summed E-state index contributed by atoms with van der Waals surface area (Å²) in [5.41, 5.74) is 2.00. The van der Waals surface area contributed by atoms with Gasteiger partial charge >= 0.3 is 5.97 Å². The zero-order chi connectivity index (χ0) is 50.1. The minimum atomic E-state index is -0.173. The van der Waals surface area contributed by atoms with Crippen molar-refractivity contribution in [2.45, 2.75) is 330 Å². The minimum Gasteiger partial charge on any atom is -0.489 e. The molecule has 70 heavy (non-hydrogen) atoms. The van der Waals surface area contributed by atoms with Gasteiger partial charge in [-0.15, -0.1) is 0 Å². The molecule has 0 fully saturated rings. The van der Waals surface area contributed by atoms with E-state index in [0.29, 0.717) is 25.2 Å². The van der Waals surface area contributed by atoms with Gasteiger partial charge in [0.05, 0.1) is 24.7 Å². The Bertz CT molecular complexity index is 1500. The van der Waals surface area contributed by atoms with Crippen LogP contribution in [0, 0.1) is 0 Å². The lowest BCUT2D eigenvalue weighted by Crippen LogP contribution is -2.19. The highest BCUT2D eigenvalue weighted by molar-refractivity contribution is 5.75. The van der Waals surface area contributed by atoms with Crippen LogP contribution in [0.1, 0.15) is 310 Å². The van der Waals surface area contributed by atoms with E-state index < -0.39 is 0 Å². The molecule has 2 aromatic rings. The maximum atomic E-state index is 11.9. The molecule has 6 heteroatoms. The molecule has 3 unspecified atom stereocenters. The van der Waals surface area contributed by atoms with E-state index in [2.05, 4.69) is 53.7 Å². The molecule has 2 aromatic carbocycles. The summed E-state index contributed by atoms with van der Waals surface area (Å²) in [7, 11) is 0. The van der Waals surface area contributed by atoms with Gasteiger partial charge in [0.25, 0.3) is 0 Å². The Kier molecular flexibility index (Phi) is 36.5. The van der Waals surface area contributed by atoms with E-state index in [1.807, 2.05) is 18.2 Å². The fraction of sp³-hybridized carbons (Fsp3) is 0.797. The van der Waals surface area contributed by atoms with Crippen LogP contribution >= 0.6 is 0 Å². The van der Waals surface area contributed by atoms with E-state index in [-0.39, 0.29) is 24.3 Å². The van der Waals surface area contributed by atoms with E-state index >= 15 is 0 Å². The second-order valence-corrected chi connectivity index (χ2v) is 21.8. The first-order valence-electron chi connectivity index (χ1n) is 30.5. The molecule has 0 aromatic heterocycles. The van der Waals surface area contributed by atoms with Crippen molar-refractivity contribution in [3.8, 4) is 28.7 Å². The number of unbranched alkanes of at least 4 members (excludes halogenated alkanes) is 33. The number of fused-ring (bicyclic) bond motifs is 1. The SMILES string of the molecule is CCCCCCCCCCCCCCC(C)Oc1cc(COc2ccc3c(c2)CCC(=O)O3)cc(OC(C)CCCCCCCCCCCCCC)c1OC(C)CCCCCCCCCCCCCC. The third-order valence-corrected chi connectivity index (χ3v) is 14.7. The molecule has 1 aliphatic rings. The van der Waals surface area contributed by atoms with Gasteiger partial charge in [0, 0.05) is 0 Å². The Morgan fingerprint density at radius 3 is 1.14 bits per heavy atom. The first-order valence-corrected chi connectivity index (χ1v) is 30.5. The number of aryl methyl sites for hydroxylation is 1. The molecule has 3 rings (SSSR count). The number of hydrogen-bond acceptors (Lipinski definition) is 6. The van der Waals surface area contributed by atoms with Crippen LogP contribution in [-0.4, -0.2) is 24.3 Å². The first-order chi connectivity index (χ1) is 34.3. The van der Waals surface area contributed by atoms with Crippen molar-refractivity contribution in [3.63, 3.8) is 0 Å². The third kappa shape index (κ3) is 30.2. The van der Waals surface area contributed by atoms with Crippen LogP contribution in [0.3, 0.4) is 0 Å². The van der Waals surface area contributed by atoms with Gasteiger partial charge < -0.3 is 23.7 Å². The van der Waals surface area contributed by atoms with Crippen LogP contribution in [0.5, 0.6) is 28.7 Å². The predicted octanol–water partition coefficient (Wildman–Crippen LogP) is 20.7. The molecule has 1 aliphatic heterocycles. The molecule has 3 atom stereocenters. The van der Waals surface area contributed by atoms with Crippen LogP contribution in [0.15, 0.2) is 30.3 Å². The largest absolute Gasteiger partial charge is 0.489 e. The molecule has 0 saturated carbocycles. The van der Waals surface area contributed by atoms with Gasteiger partial charge in [0.15, 0.2) is 11.5 Å². The first kappa shape index (κ1) is 61.4. The summed E-state index contributed by atoms with van der Waals surface area (Å²) in [6.07, 6.45) is 52.7. The van der Waals surface area contributed by atoms with Crippen molar-refractivity contribution in [3.05, 3.63) is 41.5 Å². The molecule has 0 N–H and O–H groups in total. The fourth-order valence-corrected chi connectivity index (χ4v) is 10.2. The van der Waals surface area contributed by atoms with E-state index in [4.69, 9.17) is 23.7 Å². The molecule has 0 aliphatic carbocycles. The molecular weight excluding hydrogens is 865 g/mol. The molecule has 1 heterocycles. The van der Waals surface area contributed by atoms with Crippen molar-refractivity contribution < 1.29 is 28.5 Å². The van der Waals surface area contributed by atoms with Gasteiger partial charge in [0.2, 0.25) is 5.75 Å². The number of carbonyl (C=O) groups is 1. The molecule has 0 spiro atoms. The van der Waals surface area contributed by atoms with Crippen molar-refractivity contribution in [1.82, 2.24) is 0 Å². The monoisotopic (exact) mass is 975 g/mol. The second kappa shape index (κ2) is 41.6. The van der Waals surface area contributed by atoms with Gasteiger partial charge in [-0.25, -0.2) is 0 Å². The Morgan fingerprint density at radius 2 is 0.771 bits per heavy atom. The summed E-state index contributed by atoms with van der Waals surface area (Å²) in [6, 6.07) is 10.0. The number of ether oxygens (including phenoxy) is 5. The van der Waals surface area contributed by atoms with Crippen LogP contribution in [0.25, 0.3) is 0 Å². The third-order valence-electron chi connectivity index (χ3n) is 14.7. The molecule has 0 bridgehead atoms. The lowest BCUT2D eigenvalue weighted by Gasteiger charge is -2.25. The molecule has 0 saturated heterocycles.